The van der Waals surface area contributed by atoms with Crippen LogP contribution < -0.4 is 0 Å². The number of hydrogen-bond donors (Lipinski definition) is 0. The highest BCUT2D eigenvalue weighted by atomic mass is 32.1. The molecule has 0 atom stereocenters. The zero-order valence-electron chi connectivity index (χ0n) is 28.5. The van der Waals surface area contributed by atoms with Crippen molar-refractivity contribution in [2.24, 2.45) is 0 Å². The Balaban J connectivity index is 1.34. The van der Waals surface area contributed by atoms with E-state index in [9.17, 15) is 0 Å². The fourth-order valence-corrected chi connectivity index (χ4v) is 8.68. The summed E-state index contributed by atoms with van der Waals surface area (Å²) in [5.74, 6) is 0. The summed E-state index contributed by atoms with van der Waals surface area (Å²) in [6.45, 7) is 4.61. The molecule has 0 aliphatic rings. The molecule has 0 spiro atoms. The highest BCUT2D eigenvalue weighted by Gasteiger charge is 2.21. The Labute approximate surface area is 293 Å². The highest BCUT2D eigenvalue weighted by Crippen LogP contribution is 2.41. The fourth-order valence-electron chi connectivity index (χ4n) is 7.58. The Kier molecular flexibility index (Phi) is 10.7. The van der Waals surface area contributed by atoms with E-state index in [1.807, 2.05) is 0 Å². The van der Waals surface area contributed by atoms with Crippen molar-refractivity contribution in [2.45, 2.75) is 110 Å². The minimum atomic E-state index is 0.446. The third kappa shape index (κ3) is 6.90. The van der Waals surface area contributed by atoms with E-state index in [0.29, 0.717) is 6.04 Å². The number of rotatable bonds is 17. The fraction of sp³-hybridized carbons (Fsp3) is 0.415. The number of fused-ring (bicyclic) bond motifs is 5. The minimum Gasteiger partial charge on any atom is -0.337 e. The molecule has 248 valence electrons. The zero-order valence-corrected chi connectivity index (χ0v) is 30.1. The van der Waals surface area contributed by atoms with Crippen molar-refractivity contribution in [1.29, 1.82) is 0 Å². The molecule has 7 aromatic rings. The van der Waals surface area contributed by atoms with E-state index in [1.54, 1.807) is 0 Å². The number of nitrogens with zero attached hydrogens (tertiary/aromatic N) is 5. The summed E-state index contributed by atoms with van der Waals surface area (Å²) in [6.07, 6.45) is 18.3. The van der Waals surface area contributed by atoms with Crippen molar-refractivity contribution in [3.63, 3.8) is 0 Å². The Morgan fingerprint density at radius 2 is 0.979 bits per heavy atom. The number of hydrogen-bond acceptors (Lipinski definition) is 6. The van der Waals surface area contributed by atoms with Crippen LogP contribution in [0.15, 0.2) is 72.8 Å². The van der Waals surface area contributed by atoms with Crippen LogP contribution in [0.5, 0.6) is 0 Å². The van der Waals surface area contributed by atoms with Gasteiger partial charge in [-0.05, 0) is 48.2 Å². The Morgan fingerprint density at radius 1 is 0.521 bits per heavy atom. The summed E-state index contributed by atoms with van der Waals surface area (Å²) in [7, 11) is 0. The van der Waals surface area contributed by atoms with Crippen LogP contribution in [0.4, 0.5) is 0 Å². The maximum absolute atomic E-state index is 4.70. The van der Waals surface area contributed by atoms with Gasteiger partial charge < -0.3 is 4.57 Å². The second-order valence-corrected chi connectivity index (χ2v) is 14.5. The second kappa shape index (κ2) is 15.7. The minimum absolute atomic E-state index is 0.446. The first-order valence-electron chi connectivity index (χ1n) is 18.3. The van der Waals surface area contributed by atoms with Gasteiger partial charge in [-0.25, -0.2) is 0 Å². The standard InChI is InChI=1S/C41H47N5S2/c1-3-5-7-9-11-13-17-31(18-14-12-10-8-6-4-2)46-38-27-29(32-19-15-21-36-40(32)44-47-42-36)23-25-34(38)35-26-24-30(28-39(35)46)33-20-16-22-37-41(33)45-48-43-37/h15-16,19-28,31H,3-14,17-18H2,1-2H3. The summed E-state index contributed by atoms with van der Waals surface area (Å²) < 4.78 is 21.2. The van der Waals surface area contributed by atoms with Gasteiger partial charge in [0.1, 0.15) is 22.1 Å². The van der Waals surface area contributed by atoms with Gasteiger partial charge in [-0.1, -0.05) is 139 Å². The lowest BCUT2D eigenvalue weighted by atomic mass is 9.99. The van der Waals surface area contributed by atoms with Crippen LogP contribution >= 0.6 is 23.5 Å². The first-order valence-corrected chi connectivity index (χ1v) is 19.7. The first-order chi connectivity index (χ1) is 23.8. The molecule has 0 saturated heterocycles. The largest absolute Gasteiger partial charge is 0.337 e. The molecule has 4 aromatic carbocycles. The van der Waals surface area contributed by atoms with Crippen LogP contribution in [0.2, 0.25) is 0 Å². The van der Waals surface area contributed by atoms with Crippen LogP contribution in [0.1, 0.15) is 110 Å². The van der Waals surface area contributed by atoms with Crippen molar-refractivity contribution in [3.05, 3.63) is 72.8 Å². The van der Waals surface area contributed by atoms with Gasteiger partial charge in [-0.15, -0.1) is 0 Å². The van der Waals surface area contributed by atoms with Gasteiger partial charge in [-0.3, -0.25) is 0 Å². The smallest absolute Gasteiger partial charge is 0.112 e. The van der Waals surface area contributed by atoms with Gasteiger partial charge in [0, 0.05) is 39.0 Å². The molecule has 0 aliphatic heterocycles. The molecule has 7 heteroatoms. The molecule has 48 heavy (non-hydrogen) atoms. The first kappa shape index (κ1) is 32.8. The molecule has 0 amide bonds. The van der Waals surface area contributed by atoms with Crippen LogP contribution in [-0.4, -0.2) is 22.1 Å². The van der Waals surface area contributed by atoms with Gasteiger partial charge in [0.2, 0.25) is 0 Å². The number of benzene rings is 4. The highest BCUT2D eigenvalue weighted by molar-refractivity contribution is 7.00. The van der Waals surface area contributed by atoms with Crippen molar-refractivity contribution >= 4 is 67.3 Å². The van der Waals surface area contributed by atoms with Gasteiger partial charge in [0.25, 0.3) is 0 Å². The molecule has 0 N–H and O–H groups in total. The summed E-state index contributed by atoms with van der Waals surface area (Å²) >= 11 is 2.59. The molecular weight excluding hydrogens is 627 g/mol. The molecule has 0 aliphatic carbocycles. The molecule has 0 bridgehead atoms. The third-order valence-electron chi connectivity index (χ3n) is 10.1. The van der Waals surface area contributed by atoms with Crippen LogP contribution in [-0.2, 0) is 0 Å². The Morgan fingerprint density at radius 3 is 1.46 bits per heavy atom. The van der Waals surface area contributed by atoms with Crippen LogP contribution in [0, 0.1) is 0 Å². The molecule has 0 saturated carbocycles. The quantitative estimate of drug-likeness (QED) is 0.0903. The van der Waals surface area contributed by atoms with E-state index >= 15 is 0 Å². The van der Waals surface area contributed by atoms with Crippen LogP contribution in [0.25, 0.3) is 66.1 Å². The molecular formula is C41H47N5S2. The predicted octanol–water partition coefficient (Wildman–Crippen LogP) is 13.2. The van der Waals surface area contributed by atoms with Gasteiger partial charge in [0.15, 0.2) is 0 Å². The maximum atomic E-state index is 4.70. The zero-order chi connectivity index (χ0) is 32.7. The molecule has 0 unspecified atom stereocenters. The van der Waals surface area contributed by atoms with Gasteiger partial charge in [-0.2, -0.15) is 17.5 Å². The average Bonchev–Trinajstić information content (AvgIpc) is 3.87. The molecule has 0 radical (unpaired) electrons. The molecule has 3 heterocycles. The van der Waals surface area contributed by atoms with Crippen molar-refractivity contribution < 1.29 is 0 Å². The predicted molar refractivity (Wildman–Crippen MR) is 207 cm³/mol. The van der Waals surface area contributed by atoms with Crippen molar-refractivity contribution in [2.75, 3.05) is 0 Å². The molecule has 7 rings (SSSR count). The third-order valence-corrected chi connectivity index (χ3v) is 11.2. The van der Waals surface area contributed by atoms with Crippen LogP contribution in [0.3, 0.4) is 0 Å². The van der Waals surface area contributed by atoms with Gasteiger partial charge in [0.05, 0.1) is 23.5 Å². The lowest BCUT2D eigenvalue weighted by Gasteiger charge is -2.22. The van der Waals surface area contributed by atoms with Gasteiger partial charge >= 0.3 is 0 Å². The Hall–Kier alpha value is -3.68. The molecule has 5 nitrogen and oxygen atoms in total. The van der Waals surface area contributed by atoms with E-state index in [2.05, 4.69) is 100.0 Å². The SMILES string of the molecule is CCCCCCCCC(CCCCCCCC)n1c2cc(-c3cccc4nsnc34)ccc2c2ccc(-c3cccc4nsnc34)cc21. The summed E-state index contributed by atoms with van der Waals surface area (Å²) in [6, 6.07) is 27.3. The number of aromatic nitrogens is 5. The normalized spacial score (nSPS) is 12.1. The van der Waals surface area contributed by atoms with E-state index in [4.69, 9.17) is 8.75 Å². The summed E-state index contributed by atoms with van der Waals surface area (Å²) in [4.78, 5) is 0. The summed E-state index contributed by atoms with van der Waals surface area (Å²) in [5.41, 5.74) is 11.3. The lowest BCUT2D eigenvalue weighted by Crippen LogP contribution is -2.09. The maximum Gasteiger partial charge on any atom is 0.112 e. The Bertz CT molecular complexity index is 1960. The van der Waals surface area contributed by atoms with E-state index in [0.717, 1.165) is 33.2 Å². The molecule has 3 aromatic heterocycles. The lowest BCUT2D eigenvalue weighted by molar-refractivity contribution is 0.410. The average molecular weight is 674 g/mol. The number of unbranched alkanes of at least 4 members (excludes halogenated alkanes) is 10. The summed E-state index contributed by atoms with van der Waals surface area (Å²) in [5, 5.41) is 2.65. The van der Waals surface area contributed by atoms with E-state index < -0.39 is 0 Å². The monoisotopic (exact) mass is 673 g/mol. The van der Waals surface area contributed by atoms with E-state index in [-0.39, 0.29) is 0 Å². The topological polar surface area (TPSA) is 56.5 Å². The van der Waals surface area contributed by atoms with Crippen molar-refractivity contribution in [1.82, 2.24) is 22.1 Å². The molecule has 0 fully saturated rings. The van der Waals surface area contributed by atoms with Crippen molar-refractivity contribution in [3.8, 4) is 22.3 Å². The second-order valence-electron chi connectivity index (χ2n) is 13.5. The van der Waals surface area contributed by atoms with E-state index in [1.165, 1.54) is 146 Å².